The minimum absolute atomic E-state index is 0.671. The Morgan fingerprint density at radius 3 is 2.50 bits per heavy atom. The van der Waals surface area contributed by atoms with Gasteiger partial charge in [0.05, 0.1) is 29.7 Å². The Labute approximate surface area is 121 Å². The molecule has 100 valence electrons. The summed E-state index contributed by atoms with van der Waals surface area (Å²) in [4.78, 5) is 0. The van der Waals surface area contributed by atoms with E-state index in [0.717, 1.165) is 22.7 Å². The summed E-state index contributed by atoms with van der Waals surface area (Å²) in [7, 11) is 1.64. The number of methoxy groups -OCH3 is 1. The van der Waals surface area contributed by atoms with Gasteiger partial charge in [-0.25, -0.2) is 4.68 Å². The zero-order valence-corrected chi connectivity index (χ0v) is 11.6. The van der Waals surface area contributed by atoms with Crippen molar-refractivity contribution in [1.29, 1.82) is 0 Å². The Morgan fingerprint density at radius 1 is 1.05 bits per heavy atom. The van der Waals surface area contributed by atoms with Crippen LogP contribution in [0.4, 0.5) is 0 Å². The van der Waals surface area contributed by atoms with Crippen molar-refractivity contribution >= 4 is 11.6 Å². The van der Waals surface area contributed by atoms with Crippen molar-refractivity contribution in [2.24, 2.45) is 0 Å². The van der Waals surface area contributed by atoms with Crippen LogP contribution in [0.25, 0.3) is 16.9 Å². The highest BCUT2D eigenvalue weighted by Crippen LogP contribution is 2.28. The molecule has 0 spiro atoms. The molecular weight excluding hydrogens is 274 g/mol. The highest BCUT2D eigenvalue weighted by molar-refractivity contribution is 6.33. The van der Waals surface area contributed by atoms with Gasteiger partial charge in [-0.1, -0.05) is 35.0 Å². The molecule has 0 N–H and O–H groups in total. The van der Waals surface area contributed by atoms with Crippen LogP contribution in [0.5, 0.6) is 5.75 Å². The topological polar surface area (TPSA) is 39.9 Å². The first-order chi connectivity index (χ1) is 9.79. The molecule has 0 fully saturated rings. The van der Waals surface area contributed by atoms with Crippen LogP contribution < -0.4 is 4.74 Å². The second-order valence-corrected chi connectivity index (χ2v) is 4.62. The van der Waals surface area contributed by atoms with Crippen molar-refractivity contribution in [2.45, 2.75) is 0 Å². The van der Waals surface area contributed by atoms with Crippen molar-refractivity contribution in [1.82, 2.24) is 15.0 Å². The van der Waals surface area contributed by atoms with Gasteiger partial charge in [0.2, 0.25) is 0 Å². The van der Waals surface area contributed by atoms with Crippen molar-refractivity contribution in [2.75, 3.05) is 7.11 Å². The summed E-state index contributed by atoms with van der Waals surface area (Å²) in [6.07, 6.45) is 1.70. The van der Waals surface area contributed by atoms with Crippen LogP contribution >= 0.6 is 11.6 Å². The zero-order chi connectivity index (χ0) is 13.9. The van der Waals surface area contributed by atoms with Gasteiger partial charge < -0.3 is 4.74 Å². The smallest absolute Gasteiger partial charge is 0.119 e. The van der Waals surface area contributed by atoms with E-state index in [1.165, 1.54) is 0 Å². The molecule has 1 heterocycles. The van der Waals surface area contributed by atoms with Gasteiger partial charge in [0.25, 0.3) is 0 Å². The first-order valence-electron chi connectivity index (χ1n) is 6.09. The highest BCUT2D eigenvalue weighted by atomic mass is 35.5. The van der Waals surface area contributed by atoms with E-state index in [0.29, 0.717) is 5.02 Å². The largest absolute Gasteiger partial charge is 0.497 e. The van der Waals surface area contributed by atoms with Crippen LogP contribution in [0.15, 0.2) is 54.7 Å². The minimum atomic E-state index is 0.671. The number of benzene rings is 2. The van der Waals surface area contributed by atoms with Gasteiger partial charge in [0.1, 0.15) is 5.75 Å². The Balaban J connectivity index is 2.08. The van der Waals surface area contributed by atoms with E-state index in [-0.39, 0.29) is 0 Å². The first kappa shape index (κ1) is 12.7. The summed E-state index contributed by atoms with van der Waals surface area (Å²) in [5.41, 5.74) is 2.65. The molecule has 0 radical (unpaired) electrons. The number of aromatic nitrogens is 3. The molecule has 0 aliphatic heterocycles. The molecule has 0 amide bonds. The molecule has 0 bridgehead atoms. The monoisotopic (exact) mass is 285 g/mol. The third-order valence-electron chi connectivity index (χ3n) is 3.02. The van der Waals surface area contributed by atoms with Gasteiger partial charge in [-0.15, -0.1) is 5.10 Å². The molecule has 3 rings (SSSR count). The van der Waals surface area contributed by atoms with Crippen molar-refractivity contribution in [3.8, 4) is 22.7 Å². The van der Waals surface area contributed by atoms with E-state index in [4.69, 9.17) is 16.3 Å². The molecule has 4 nitrogen and oxygen atoms in total. The summed E-state index contributed by atoms with van der Waals surface area (Å²) >= 11 is 6.23. The lowest BCUT2D eigenvalue weighted by Crippen LogP contribution is -1.99. The van der Waals surface area contributed by atoms with Crippen LogP contribution in [0.2, 0.25) is 5.02 Å². The summed E-state index contributed by atoms with van der Waals surface area (Å²) in [5.74, 6) is 0.799. The molecule has 2 aromatic carbocycles. The Hall–Kier alpha value is -2.33. The number of hydrogen-bond donors (Lipinski definition) is 0. The second kappa shape index (κ2) is 5.35. The van der Waals surface area contributed by atoms with E-state index in [2.05, 4.69) is 10.3 Å². The van der Waals surface area contributed by atoms with Crippen LogP contribution in [-0.4, -0.2) is 22.1 Å². The maximum absolute atomic E-state index is 6.23. The number of hydrogen-bond acceptors (Lipinski definition) is 3. The van der Waals surface area contributed by atoms with Gasteiger partial charge in [-0.2, -0.15) is 0 Å². The average Bonchev–Trinajstić information content (AvgIpc) is 2.97. The predicted octanol–water partition coefficient (Wildman–Crippen LogP) is 3.60. The van der Waals surface area contributed by atoms with E-state index >= 15 is 0 Å². The van der Waals surface area contributed by atoms with Gasteiger partial charge in [-0.05, 0) is 30.3 Å². The van der Waals surface area contributed by atoms with Crippen LogP contribution in [0, 0.1) is 0 Å². The molecule has 0 saturated carbocycles. The summed E-state index contributed by atoms with van der Waals surface area (Å²) in [5, 5.41) is 8.78. The molecule has 0 aliphatic carbocycles. The van der Waals surface area contributed by atoms with E-state index < -0.39 is 0 Å². The Bertz CT molecular complexity index is 722. The second-order valence-electron chi connectivity index (χ2n) is 4.21. The quantitative estimate of drug-likeness (QED) is 0.738. The number of halogens is 1. The van der Waals surface area contributed by atoms with Crippen LogP contribution in [0.1, 0.15) is 0 Å². The Kier molecular flexibility index (Phi) is 3.39. The van der Waals surface area contributed by atoms with Crippen LogP contribution in [0.3, 0.4) is 0 Å². The molecule has 0 unspecified atom stereocenters. The van der Waals surface area contributed by atoms with Gasteiger partial charge in [0.15, 0.2) is 0 Å². The molecule has 20 heavy (non-hydrogen) atoms. The summed E-state index contributed by atoms with van der Waals surface area (Å²) in [6.45, 7) is 0. The standard InChI is InChI=1S/C15H12ClN3O/c1-20-12-8-6-11(7-9-12)19-15(10-17-18-19)13-4-2-3-5-14(13)16/h2-10H,1H3. The summed E-state index contributed by atoms with van der Waals surface area (Å²) < 4.78 is 6.90. The fraction of sp³-hybridized carbons (Fsp3) is 0.0667. The normalized spacial score (nSPS) is 10.5. The van der Waals surface area contributed by atoms with Gasteiger partial charge in [-0.3, -0.25) is 0 Å². The maximum Gasteiger partial charge on any atom is 0.119 e. The van der Waals surface area contributed by atoms with E-state index in [9.17, 15) is 0 Å². The van der Waals surface area contributed by atoms with E-state index in [1.807, 2.05) is 48.5 Å². The molecule has 0 atom stereocenters. The molecule has 1 aromatic heterocycles. The molecule has 5 heteroatoms. The third-order valence-corrected chi connectivity index (χ3v) is 3.35. The third kappa shape index (κ3) is 2.26. The fourth-order valence-electron chi connectivity index (χ4n) is 2.00. The number of nitrogens with zero attached hydrogens (tertiary/aromatic N) is 3. The molecule has 0 saturated heterocycles. The zero-order valence-electron chi connectivity index (χ0n) is 10.8. The lowest BCUT2D eigenvalue weighted by Gasteiger charge is -2.08. The minimum Gasteiger partial charge on any atom is -0.497 e. The molecular formula is C15H12ClN3O. The lowest BCUT2D eigenvalue weighted by atomic mass is 10.1. The SMILES string of the molecule is COc1ccc(-n2nncc2-c2ccccc2Cl)cc1. The summed E-state index contributed by atoms with van der Waals surface area (Å²) in [6, 6.07) is 15.2. The lowest BCUT2D eigenvalue weighted by molar-refractivity contribution is 0.414. The van der Waals surface area contributed by atoms with Crippen molar-refractivity contribution in [3.63, 3.8) is 0 Å². The molecule has 3 aromatic rings. The number of rotatable bonds is 3. The average molecular weight is 286 g/mol. The van der Waals surface area contributed by atoms with Crippen LogP contribution in [-0.2, 0) is 0 Å². The fourth-order valence-corrected chi connectivity index (χ4v) is 2.23. The maximum atomic E-state index is 6.23. The predicted molar refractivity (Wildman–Crippen MR) is 78.4 cm³/mol. The molecule has 0 aliphatic rings. The van der Waals surface area contributed by atoms with Gasteiger partial charge in [0, 0.05) is 5.56 Å². The Morgan fingerprint density at radius 2 is 1.80 bits per heavy atom. The number of ether oxygens (including phenoxy) is 1. The van der Waals surface area contributed by atoms with E-state index in [1.54, 1.807) is 18.0 Å². The highest BCUT2D eigenvalue weighted by Gasteiger charge is 2.11. The van der Waals surface area contributed by atoms with Crippen molar-refractivity contribution < 1.29 is 4.74 Å². The first-order valence-corrected chi connectivity index (χ1v) is 6.47. The van der Waals surface area contributed by atoms with Gasteiger partial charge >= 0.3 is 0 Å². The van der Waals surface area contributed by atoms with Crippen molar-refractivity contribution in [3.05, 3.63) is 59.8 Å².